The Bertz CT molecular complexity index is 786. The minimum Gasteiger partial charge on any atom is -0.385 e. The lowest BCUT2D eigenvalue weighted by Crippen LogP contribution is -2.14. The van der Waals surface area contributed by atoms with Gasteiger partial charge in [0.05, 0.1) is 11.3 Å². The number of allylic oxidation sites excluding steroid dienone is 1. The molecular weight excluding hydrogens is 366 g/mol. The van der Waals surface area contributed by atoms with Crippen molar-refractivity contribution in [3.8, 4) is 0 Å². The predicted octanol–water partition coefficient (Wildman–Crippen LogP) is 4.40. The third-order valence-corrected chi connectivity index (χ3v) is 3.76. The molecule has 0 spiro atoms. The highest BCUT2D eigenvalue weighted by molar-refractivity contribution is 9.10. The number of carbonyl (C=O) groups excluding carboxylic acids is 1. The Morgan fingerprint density at radius 1 is 1.18 bits per heavy atom. The van der Waals surface area contributed by atoms with Gasteiger partial charge in [0.1, 0.15) is 0 Å². The number of carbonyl (C=O) groups is 1. The van der Waals surface area contributed by atoms with Crippen LogP contribution in [0.1, 0.15) is 15.9 Å². The maximum atomic E-state index is 12.3. The minimum absolute atomic E-state index is 0.103. The van der Waals surface area contributed by atoms with E-state index in [9.17, 15) is 9.59 Å². The summed E-state index contributed by atoms with van der Waals surface area (Å²) in [6.07, 6.45) is 3.03. The van der Waals surface area contributed by atoms with Crippen molar-refractivity contribution in [1.29, 1.82) is 0 Å². The molecule has 22 heavy (non-hydrogen) atoms. The van der Waals surface area contributed by atoms with Crippen molar-refractivity contribution in [3.05, 3.63) is 79.4 Å². The van der Waals surface area contributed by atoms with Crippen LogP contribution in [0.4, 0.5) is 5.69 Å². The van der Waals surface area contributed by atoms with Crippen molar-refractivity contribution >= 4 is 45.1 Å². The van der Waals surface area contributed by atoms with Crippen molar-refractivity contribution in [1.82, 2.24) is 0 Å². The fraction of sp³-hybridized carbons (Fsp3) is 0.0588. The molecule has 0 bridgehead atoms. The SMILES string of the molecule is CNc1ccc(Br)cc(C(=O)/C=C/c2ccc(Cl)cc2)c1=O. The Kier molecular flexibility index (Phi) is 5.52. The summed E-state index contributed by atoms with van der Waals surface area (Å²) < 4.78 is 0.661. The highest BCUT2D eigenvalue weighted by Gasteiger charge is 2.10. The second kappa shape index (κ2) is 7.38. The van der Waals surface area contributed by atoms with Gasteiger partial charge in [0.25, 0.3) is 0 Å². The first-order valence-corrected chi connectivity index (χ1v) is 7.68. The van der Waals surface area contributed by atoms with Gasteiger partial charge in [-0.15, -0.1) is 0 Å². The van der Waals surface area contributed by atoms with Crippen LogP contribution in [-0.2, 0) is 0 Å². The number of halogens is 2. The Hall–Kier alpha value is -1.91. The molecule has 2 aromatic carbocycles. The van der Waals surface area contributed by atoms with E-state index in [1.165, 1.54) is 12.1 Å². The van der Waals surface area contributed by atoms with Crippen LogP contribution < -0.4 is 10.7 Å². The Morgan fingerprint density at radius 3 is 2.50 bits per heavy atom. The number of hydrogen-bond acceptors (Lipinski definition) is 3. The summed E-state index contributed by atoms with van der Waals surface area (Å²) in [6, 6.07) is 11.9. The maximum absolute atomic E-state index is 12.3. The second-order valence-electron chi connectivity index (χ2n) is 4.52. The quantitative estimate of drug-likeness (QED) is 0.633. The Labute approximate surface area is 141 Å². The molecule has 0 amide bonds. The van der Waals surface area contributed by atoms with E-state index in [0.29, 0.717) is 15.2 Å². The smallest absolute Gasteiger partial charge is 0.212 e. The van der Waals surface area contributed by atoms with Crippen LogP contribution in [-0.4, -0.2) is 12.8 Å². The molecule has 3 nitrogen and oxygen atoms in total. The van der Waals surface area contributed by atoms with Gasteiger partial charge in [-0.05, 0) is 42.0 Å². The first-order valence-electron chi connectivity index (χ1n) is 6.51. The summed E-state index contributed by atoms with van der Waals surface area (Å²) in [5, 5.41) is 3.42. The van der Waals surface area contributed by atoms with Gasteiger partial charge in [-0.25, -0.2) is 0 Å². The molecule has 0 radical (unpaired) electrons. The van der Waals surface area contributed by atoms with Crippen molar-refractivity contribution in [2.45, 2.75) is 0 Å². The van der Waals surface area contributed by atoms with E-state index in [-0.39, 0.29) is 16.8 Å². The largest absolute Gasteiger partial charge is 0.385 e. The molecule has 2 rings (SSSR count). The van der Waals surface area contributed by atoms with Gasteiger partial charge in [-0.3, -0.25) is 9.59 Å². The zero-order valence-electron chi connectivity index (χ0n) is 11.8. The molecule has 5 heteroatoms. The maximum Gasteiger partial charge on any atom is 0.212 e. The third-order valence-electron chi connectivity index (χ3n) is 3.01. The molecule has 0 aliphatic carbocycles. The highest BCUT2D eigenvalue weighted by Crippen LogP contribution is 2.14. The number of rotatable bonds is 4. The van der Waals surface area contributed by atoms with Gasteiger partial charge in [0.2, 0.25) is 5.43 Å². The first-order chi connectivity index (χ1) is 10.5. The molecule has 0 aromatic heterocycles. The van der Waals surface area contributed by atoms with Crippen LogP contribution >= 0.6 is 27.5 Å². The standard InChI is InChI=1S/C17H13BrClNO2/c1-20-15-8-5-12(18)10-14(17(15)22)16(21)9-4-11-2-6-13(19)7-3-11/h2-10H,1H3,(H,20,22)/b9-4+. The van der Waals surface area contributed by atoms with Crippen LogP contribution in [0.2, 0.25) is 5.02 Å². The summed E-state index contributed by atoms with van der Waals surface area (Å²) >= 11 is 9.12. The van der Waals surface area contributed by atoms with E-state index in [2.05, 4.69) is 21.2 Å². The molecule has 2 aromatic rings. The predicted molar refractivity (Wildman–Crippen MR) is 94.8 cm³/mol. The highest BCUT2D eigenvalue weighted by atomic mass is 79.9. The molecular formula is C17H13BrClNO2. The molecule has 0 aliphatic heterocycles. The normalized spacial score (nSPS) is 10.7. The molecule has 0 atom stereocenters. The van der Waals surface area contributed by atoms with Crippen molar-refractivity contribution < 1.29 is 4.79 Å². The number of benzene rings is 1. The Morgan fingerprint density at radius 2 is 1.86 bits per heavy atom. The topological polar surface area (TPSA) is 46.2 Å². The third kappa shape index (κ3) is 4.06. The van der Waals surface area contributed by atoms with Crippen molar-refractivity contribution in [2.75, 3.05) is 12.4 Å². The van der Waals surface area contributed by atoms with Crippen LogP contribution in [0.5, 0.6) is 0 Å². The monoisotopic (exact) mass is 377 g/mol. The van der Waals surface area contributed by atoms with Crippen molar-refractivity contribution in [2.24, 2.45) is 0 Å². The zero-order chi connectivity index (χ0) is 16.1. The number of anilines is 1. The van der Waals surface area contributed by atoms with Gasteiger partial charge in [-0.2, -0.15) is 0 Å². The Balaban J connectivity index is 2.38. The second-order valence-corrected chi connectivity index (χ2v) is 5.87. The van der Waals surface area contributed by atoms with E-state index in [0.717, 1.165) is 5.56 Å². The lowest BCUT2D eigenvalue weighted by molar-refractivity contribution is 0.104. The molecule has 1 N–H and O–H groups in total. The molecule has 0 saturated heterocycles. The fourth-order valence-corrected chi connectivity index (χ4v) is 2.34. The van der Waals surface area contributed by atoms with Crippen LogP contribution in [0, 0.1) is 0 Å². The number of hydrogen-bond donors (Lipinski definition) is 1. The minimum atomic E-state index is -0.353. The van der Waals surface area contributed by atoms with E-state index >= 15 is 0 Å². The summed E-state index contributed by atoms with van der Waals surface area (Å²) in [7, 11) is 1.64. The van der Waals surface area contributed by atoms with Gasteiger partial charge >= 0.3 is 0 Å². The molecule has 112 valence electrons. The van der Waals surface area contributed by atoms with Gasteiger partial charge in [-0.1, -0.05) is 45.7 Å². The van der Waals surface area contributed by atoms with Gasteiger partial charge in [0, 0.05) is 16.5 Å². The first kappa shape index (κ1) is 16.5. The lowest BCUT2D eigenvalue weighted by Gasteiger charge is -1.96. The van der Waals surface area contributed by atoms with Crippen LogP contribution in [0.3, 0.4) is 0 Å². The van der Waals surface area contributed by atoms with Crippen LogP contribution in [0.15, 0.2) is 57.8 Å². The van der Waals surface area contributed by atoms with E-state index in [4.69, 9.17) is 11.6 Å². The summed E-state index contributed by atoms with van der Waals surface area (Å²) in [4.78, 5) is 24.6. The van der Waals surface area contributed by atoms with E-state index in [1.54, 1.807) is 49.5 Å². The average Bonchev–Trinajstić information content (AvgIpc) is 2.65. The number of nitrogens with one attached hydrogen (secondary N) is 1. The van der Waals surface area contributed by atoms with Gasteiger partial charge in [0.15, 0.2) is 5.78 Å². The molecule has 0 heterocycles. The van der Waals surface area contributed by atoms with Crippen LogP contribution in [0.25, 0.3) is 6.08 Å². The number of ketones is 1. The summed E-state index contributed by atoms with van der Waals surface area (Å²) in [5.74, 6) is -0.353. The fourth-order valence-electron chi connectivity index (χ4n) is 1.85. The van der Waals surface area contributed by atoms with E-state index < -0.39 is 0 Å². The molecule has 0 saturated carbocycles. The molecule has 0 fully saturated rings. The van der Waals surface area contributed by atoms with Gasteiger partial charge < -0.3 is 5.32 Å². The lowest BCUT2D eigenvalue weighted by atomic mass is 10.1. The zero-order valence-corrected chi connectivity index (χ0v) is 14.1. The molecule has 0 unspecified atom stereocenters. The molecule has 0 aliphatic rings. The van der Waals surface area contributed by atoms with Crippen molar-refractivity contribution in [3.63, 3.8) is 0 Å². The summed E-state index contributed by atoms with van der Waals surface area (Å²) in [5.41, 5.74) is 0.970. The van der Waals surface area contributed by atoms with E-state index in [1.807, 2.05) is 0 Å². The average molecular weight is 379 g/mol. The summed E-state index contributed by atoms with van der Waals surface area (Å²) in [6.45, 7) is 0.